The highest BCUT2D eigenvalue weighted by Crippen LogP contribution is 2.35. The predicted molar refractivity (Wildman–Crippen MR) is 110 cm³/mol. The molecule has 3 aromatic rings. The second kappa shape index (κ2) is 8.58. The molecule has 6 nitrogen and oxygen atoms in total. The van der Waals surface area contributed by atoms with Crippen molar-refractivity contribution in [3.05, 3.63) is 59.2 Å². The molecule has 162 valence electrons. The third kappa shape index (κ3) is 4.82. The molecule has 1 amide bonds. The van der Waals surface area contributed by atoms with Crippen molar-refractivity contribution in [2.24, 2.45) is 0 Å². The van der Waals surface area contributed by atoms with E-state index in [9.17, 15) is 18.0 Å². The first-order valence-corrected chi connectivity index (χ1v) is 9.94. The molecule has 0 bridgehead atoms. The van der Waals surface area contributed by atoms with Gasteiger partial charge in [-0.15, -0.1) is 0 Å². The summed E-state index contributed by atoms with van der Waals surface area (Å²) in [4.78, 5) is 23.5. The topological polar surface area (TPSA) is 58.6 Å². The number of alkyl halides is 3. The smallest absolute Gasteiger partial charge is 0.437 e. The maximum absolute atomic E-state index is 13.6. The zero-order chi connectivity index (χ0) is 22.0. The lowest BCUT2D eigenvalue weighted by Crippen LogP contribution is -2.50. The van der Waals surface area contributed by atoms with E-state index in [4.69, 9.17) is 16.3 Å². The van der Waals surface area contributed by atoms with Gasteiger partial charge in [-0.2, -0.15) is 13.2 Å². The van der Waals surface area contributed by atoms with E-state index >= 15 is 0 Å². The Morgan fingerprint density at radius 1 is 0.968 bits per heavy atom. The summed E-state index contributed by atoms with van der Waals surface area (Å²) in [6, 6.07) is 13.1. The Balaban J connectivity index is 1.44. The van der Waals surface area contributed by atoms with Gasteiger partial charge in [-0.05, 0) is 36.4 Å². The van der Waals surface area contributed by atoms with Crippen LogP contribution < -0.4 is 9.64 Å². The van der Waals surface area contributed by atoms with Crippen LogP contribution in [0.3, 0.4) is 0 Å². The van der Waals surface area contributed by atoms with Crippen LogP contribution in [0.5, 0.6) is 5.75 Å². The number of halogens is 4. The highest BCUT2D eigenvalue weighted by Gasteiger charge is 2.39. The summed E-state index contributed by atoms with van der Waals surface area (Å²) in [6.07, 6.45) is -4.63. The molecule has 10 heteroatoms. The maximum atomic E-state index is 13.6. The minimum Gasteiger partial charge on any atom is -0.484 e. The molecule has 2 aromatic carbocycles. The number of hydrogen-bond acceptors (Lipinski definition) is 5. The number of benzene rings is 2. The molecule has 0 N–H and O–H groups in total. The minimum absolute atomic E-state index is 0.161. The number of aromatic nitrogens is 2. The van der Waals surface area contributed by atoms with Gasteiger partial charge in [0, 0.05) is 31.2 Å². The van der Waals surface area contributed by atoms with E-state index in [0.717, 1.165) is 0 Å². The van der Waals surface area contributed by atoms with Crippen molar-refractivity contribution in [1.82, 2.24) is 14.9 Å². The number of piperazine rings is 1. The summed E-state index contributed by atoms with van der Waals surface area (Å²) in [5, 5.41) is 0.560. The number of para-hydroxylation sites is 2. The molecule has 0 radical (unpaired) electrons. The van der Waals surface area contributed by atoms with Gasteiger partial charge in [0.25, 0.3) is 5.91 Å². The molecule has 31 heavy (non-hydrogen) atoms. The van der Waals surface area contributed by atoms with E-state index in [2.05, 4.69) is 9.97 Å². The van der Waals surface area contributed by atoms with E-state index in [1.807, 2.05) is 0 Å². The van der Waals surface area contributed by atoms with Crippen LogP contribution in [0.15, 0.2) is 48.5 Å². The molecule has 1 aliphatic heterocycles. The first-order valence-electron chi connectivity index (χ1n) is 9.56. The summed E-state index contributed by atoms with van der Waals surface area (Å²) in [5.74, 6) is 0.0589. The van der Waals surface area contributed by atoms with Gasteiger partial charge in [0.05, 0.1) is 11.0 Å². The lowest BCUT2D eigenvalue weighted by Gasteiger charge is -2.36. The summed E-state index contributed by atoms with van der Waals surface area (Å²) in [5.41, 5.74) is -0.441. The number of carbonyl (C=O) groups excluding carboxylic acids is 1. The molecular formula is C21H18ClF3N4O2. The Morgan fingerprint density at radius 2 is 1.58 bits per heavy atom. The van der Waals surface area contributed by atoms with Gasteiger partial charge in [-0.25, -0.2) is 9.97 Å². The van der Waals surface area contributed by atoms with E-state index in [-0.39, 0.29) is 50.0 Å². The lowest BCUT2D eigenvalue weighted by molar-refractivity contribution is -0.141. The average Bonchev–Trinajstić information content (AvgIpc) is 2.77. The molecule has 0 atom stereocenters. The van der Waals surface area contributed by atoms with Crippen molar-refractivity contribution in [2.75, 3.05) is 37.7 Å². The molecule has 0 spiro atoms. The normalized spacial score (nSPS) is 14.7. The number of anilines is 1. The van der Waals surface area contributed by atoms with E-state index < -0.39 is 11.9 Å². The second-order valence-corrected chi connectivity index (χ2v) is 7.43. The van der Waals surface area contributed by atoms with Crippen LogP contribution >= 0.6 is 11.6 Å². The molecular weight excluding hydrogens is 433 g/mol. The number of hydrogen-bond donors (Lipinski definition) is 0. The standard InChI is InChI=1S/C21H18ClF3N4O2/c22-14-5-7-15(8-6-14)31-13-18(30)28-9-11-29(12-10-28)20-19(21(23,24)25)26-16-3-1-2-4-17(16)27-20/h1-8H,9-13H2. The molecule has 0 saturated carbocycles. The summed E-state index contributed by atoms with van der Waals surface area (Å²) in [6.45, 7) is 0.778. The summed E-state index contributed by atoms with van der Waals surface area (Å²) >= 11 is 5.82. The maximum Gasteiger partial charge on any atom is 0.437 e. The summed E-state index contributed by atoms with van der Waals surface area (Å²) < 4.78 is 46.3. The fraction of sp³-hybridized carbons (Fsp3) is 0.286. The van der Waals surface area contributed by atoms with Gasteiger partial charge in [-0.1, -0.05) is 23.7 Å². The van der Waals surface area contributed by atoms with Gasteiger partial charge in [0.15, 0.2) is 18.1 Å². The van der Waals surface area contributed by atoms with Crippen LogP contribution in [-0.2, 0) is 11.0 Å². The molecule has 4 rings (SSSR count). The Kier molecular flexibility index (Phi) is 5.86. The number of nitrogens with zero attached hydrogens (tertiary/aromatic N) is 4. The minimum atomic E-state index is -4.63. The Labute approximate surface area is 181 Å². The van der Waals surface area contributed by atoms with Crippen molar-refractivity contribution >= 4 is 34.4 Å². The third-order valence-electron chi connectivity index (χ3n) is 4.93. The zero-order valence-corrected chi connectivity index (χ0v) is 17.0. The fourth-order valence-corrected chi connectivity index (χ4v) is 3.46. The molecule has 1 aromatic heterocycles. The number of amides is 1. The van der Waals surface area contributed by atoms with Crippen LogP contribution in [0.1, 0.15) is 5.69 Å². The Hall–Kier alpha value is -3.07. The SMILES string of the molecule is O=C(COc1ccc(Cl)cc1)N1CCN(c2nc3ccccc3nc2C(F)(F)F)CC1. The predicted octanol–water partition coefficient (Wildman–Crippen LogP) is 4.03. The van der Waals surface area contributed by atoms with Gasteiger partial charge >= 0.3 is 6.18 Å². The van der Waals surface area contributed by atoms with Crippen LogP contribution in [0.4, 0.5) is 19.0 Å². The van der Waals surface area contributed by atoms with Crippen LogP contribution in [0.2, 0.25) is 5.02 Å². The molecule has 1 aliphatic rings. The fourth-order valence-electron chi connectivity index (χ4n) is 3.34. The number of fused-ring (bicyclic) bond motifs is 1. The van der Waals surface area contributed by atoms with Crippen molar-refractivity contribution in [2.45, 2.75) is 6.18 Å². The molecule has 1 saturated heterocycles. The van der Waals surface area contributed by atoms with Gasteiger partial charge < -0.3 is 14.5 Å². The monoisotopic (exact) mass is 450 g/mol. The quantitative estimate of drug-likeness (QED) is 0.600. The van der Waals surface area contributed by atoms with Crippen molar-refractivity contribution in [1.29, 1.82) is 0 Å². The average molecular weight is 451 g/mol. The second-order valence-electron chi connectivity index (χ2n) is 6.99. The Bertz CT molecular complexity index is 1080. The molecule has 0 aliphatic carbocycles. The first-order chi connectivity index (χ1) is 14.8. The van der Waals surface area contributed by atoms with E-state index in [0.29, 0.717) is 16.3 Å². The van der Waals surface area contributed by atoms with Crippen LogP contribution in [-0.4, -0.2) is 53.6 Å². The molecule has 0 unspecified atom stereocenters. The highest BCUT2D eigenvalue weighted by molar-refractivity contribution is 6.30. The van der Waals surface area contributed by atoms with E-state index in [1.165, 1.54) is 11.0 Å². The Morgan fingerprint density at radius 3 is 2.19 bits per heavy atom. The summed E-state index contributed by atoms with van der Waals surface area (Å²) in [7, 11) is 0. The van der Waals surface area contributed by atoms with Crippen molar-refractivity contribution in [3.8, 4) is 5.75 Å². The van der Waals surface area contributed by atoms with Crippen molar-refractivity contribution < 1.29 is 22.7 Å². The van der Waals surface area contributed by atoms with Gasteiger partial charge in [-0.3, -0.25) is 4.79 Å². The molecule has 1 fully saturated rings. The third-order valence-corrected chi connectivity index (χ3v) is 5.18. The zero-order valence-electron chi connectivity index (χ0n) is 16.3. The lowest BCUT2D eigenvalue weighted by atomic mass is 10.2. The largest absolute Gasteiger partial charge is 0.484 e. The first kappa shape index (κ1) is 21.2. The molecule has 2 heterocycles. The van der Waals surface area contributed by atoms with Crippen LogP contribution in [0, 0.1) is 0 Å². The van der Waals surface area contributed by atoms with Gasteiger partial charge in [0.1, 0.15) is 5.75 Å². The van der Waals surface area contributed by atoms with E-state index in [1.54, 1.807) is 47.4 Å². The van der Waals surface area contributed by atoms with Gasteiger partial charge in [0.2, 0.25) is 0 Å². The number of carbonyl (C=O) groups is 1. The highest BCUT2D eigenvalue weighted by atomic mass is 35.5. The van der Waals surface area contributed by atoms with Crippen molar-refractivity contribution in [3.63, 3.8) is 0 Å². The van der Waals surface area contributed by atoms with Crippen LogP contribution in [0.25, 0.3) is 11.0 Å². The number of ether oxygens (including phenoxy) is 1. The number of rotatable bonds is 4.